The highest BCUT2D eigenvalue weighted by Gasteiger charge is 2.21. The summed E-state index contributed by atoms with van der Waals surface area (Å²) in [5, 5.41) is 0. The molecule has 4 nitrogen and oxygen atoms in total. The third-order valence-corrected chi connectivity index (χ3v) is 4.63. The second-order valence-corrected chi connectivity index (χ2v) is 5.61. The van der Waals surface area contributed by atoms with Crippen molar-refractivity contribution in [3.8, 4) is 0 Å². The van der Waals surface area contributed by atoms with Gasteiger partial charge in [0.25, 0.3) is 10.0 Å². The van der Waals surface area contributed by atoms with Gasteiger partial charge in [0.2, 0.25) is 0 Å². The van der Waals surface area contributed by atoms with E-state index in [-0.39, 0.29) is 4.21 Å². The standard InChI is InChI=1S/C6H9N2O2S2/c1-5-6(11-4-7-5)12(9,10)8(2)3/h1-3H3. The van der Waals surface area contributed by atoms with E-state index in [0.717, 1.165) is 11.3 Å². The molecule has 1 radical (unpaired) electrons. The Morgan fingerprint density at radius 1 is 1.50 bits per heavy atom. The predicted molar refractivity (Wildman–Crippen MR) is 46.6 cm³/mol. The van der Waals surface area contributed by atoms with E-state index in [4.69, 9.17) is 0 Å². The molecule has 12 heavy (non-hydrogen) atoms. The van der Waals surface area contributed by atoms with Gasteiger partial charge in [0.1, 0.15) is 0 Å². The molecule has 6 heteroatoms. The summed E-state index contributed by atoms with van der Waals surface area (Å²) in [4.78, 5) is 3.75. The summed E-state index contributed by atoms with van der Waals surface area (Å²) < 4.78 is 24.4. The van der Waals surface area contributed by atoms with Crippen LogP contribution in [0.2, 0.25) is 0 Å². The maximum Gasteiger partial charge on any atom is 0.253 e. The minimum Gasteiger partial charge on any atom is -0.237 e. The van der Waals surface area contributed by atoms with Gasteiger partial charge in [-0.15, -0.1) is 0 Å². The first-order valence-electron chi connectivity index (χ1n) is 3.22. The topological polar surface area (TPSA) is 50.3 Å². The molecule has 0 amide bonds. The number of hydrogen-bond donors (Lipinski definition) is 0. The zero-order valence-electron chi connectivity index (χ0n) is 7.03. The first-order valence-corrected chi connectivity index (χ1v) is 5.48. The lowest BCUT2D eigenvalue weighted by Gasteiger charge is -2.08. The highest BCUT2D eigenvalue weighted by atomic mass is 32.2. The number of rotatable bonds is 2. The molecule has 0 saturated heterocycles. The second-order valence-electron chi connectivity index (χ2n) is 2.47. The van der Waals surface area contributed by atoms with Gasteiger partial charge < -0.3 is 0 Å². The van der Waals surface area contributed by atoms with Crippen molar-refractivity contribution in [3.63, 3.8) is 0 Å². The van der Waals surface area contributed by atoms with Gasteiger partial charge in [-0.25, -0.2) is 17.7 Å². The summed E-state index contributed by atoms with van der Waals surface area (Å²) >= 11 is 1.02. The van der Waals surface area contributed by atoms with Gasteiger partial charge in [-0.05, 0) is 6.92 Å². The number of sulfonamides is 1. The van der Waals surface area contributed by atoms with Crippen LogP contribution < -0.4 is 0 Å². The summed E-state index contributed by atoms with van der Waals surface area (Å²) in [5.74, 6) is 0. The molecule has 67 valence electrons. The summed E-state index contributed by atoms with van der Waals surface area (Å²) in [6.45, 7) is 1.66. The van der Waals surface area contributed by atoms with Crippen LogP contribution in [0.15, 0.2) is 4.21 Å². The summed E-state index contributed by atoms with van der Waals surface area (Å²) in [5.41, 5.74) is 3.05. The second kappa shape index (κ2) is 3.12. The normalized spacial score (nSPS) is 12.3. The van der Waals surface area contributed by atoms with Crippen LogP contribution in [-0.4, -0.2) is 31.8 Å². The molecule has 0 aliphatic heterocycles. The molecule has 0 saturated carbocycles. The van der Waals surface area contributed by atoms with Gasteiger partial charge in [0, 0.05) is 14.1 Å². The van der Waals surface area contributed by atoms with Gasteiger partial charge in [0.15, 0.2) is 9.72 Å². The number of thiazole rings is 1. The highest BCUT2D eigenvalue weighted by molar-refractivity contribution is 7.91. The van der Waals surface area contributed by atoms with E-state index in [0.29, 0.717) is 5.69 Å². The number of aryl methyl sites for hydroxylation is 1. The maximum atomic E-state index is 11.5. The number of aromatic nitrogens is 1. The molecule has 1 aromatic rings. The van der Waals surface area contributed by atoms with Crippen molar-refractivity contribution in [2.75, 3.05) is 14.1 Å². The van der Waals surface area contributed by atoms with E-state index in [1.807, 2.05) is 0 Å². The van der Waals surface area contributed by atoms with Crippen LogP contribution in [0.25, 0.3) is 0 Å². The van der Waals surface area contributed by atoms with Gasteiger partial charge in [-0.1, -0.05) is 11.3 Å². The molecule has 0 bridgehead atoms. The molecule has 1 aromatic heterocycles. The molecule has 0 aromatic carbocycles. The quantitative estimate of drug-likeness (QED) is 0.706. The average molecular weight is 205 g/mol. The minimum absolute atomic E-state index is 0.271. The Balaban J connectivity index is 3.24. The van der Waals surface area contributed by atoms with Crippen molar-refractivity contribution in [1.29, 1.82) is 0 Å². The fraction of sp³-hybridized carbons (Fsp3) is 0.500. The van der Waals surface area contributed by atoms with Gasteiger partial charge in [-0.3, -0.25) is 0 Å². The van der Waals surface area contributed by atoms with Gasteiger partial charge in [-0.2, -0.15) is 0 Å². The maximum absolute atomic E-state index is 11.5. The molecule has 0 aliphatic rings. The van der Waals surface area contributed by atoms with Crippen molar-refractivity contribution < 1.29 is 8.42 Å². The van der Waals surface area contributed by atoms with Crippen molar-refractivity contribution in [2.45, 2.75) is 11.1 Å². The first-order chi connectivity index (χ1) is 5.46. The molecule has 0 unspecified atom stereocenters. The summed E-state index contributed by atoms with van der Waals surface area (Å²) in [6, 6.07) is 0. The SMILES string of the molecule is Cc1n[c]sc1S(=O)(=O)N(C)C. The van der Waals surface area contributed by atoms with Crippen LogP contribution in [-0.2, 0) is 10.0 Å². The minimum atomic E-state index is -3.31. The largest absolute Gasteiger partial charge is 0.253 e. The molecule has 0 spiro atoms. The van der Waals surface area contributed by atoms with E-state index in [1.54, 1.807) is 6.92 Å². The summed E-state index contributed by atoms with van der Waals surface area (Å²) in [7, 11) is -0.317. The Bertz CT molecular complexity index is 367. The van der Waals surface area contributed by atoms with Gasteiger partial charge >= 0.3 is 0 Å². The smallest absolute Gasteiger partial charge is 0.237 e. The Morgan fingerprint density at radius 2 is 2.08 bits per heavy atom. The van der Waals surface area contributed by atoms with Crippen molar-refractivity contribution >= 4 is 21.4 Å². The number of hydrogen-bond acceptors (Lipinski definition) is 4. The lowest BCUT2D eigenvalue weighted by atomic mass is 10.6. The number of nitrogens with zero attached hydrogens (tertiary/aromatic N) is 2. The van der Waals surface area contributed by atoms with E-state index >= 15 is 0 Å². The highest BCUT2D eigenvalue weighted by Crippen LogP contribution is 2.20. The molecular weight excluding hydrogens is 196 g/mol. The van der Waals surface area contributed by atoms with Crippen LogP contribution in [0.1, 0.15) is 5.69 Å². The summed E-state index contributed by atoms with van der Waals surface area (Å²) in [6.07, 6.45) is 0. The van der Waals surface area contributed by atoms with Crippen molar-refractivity contribution in [2.24, 2.45) is 0 Å². The van der Waals surface area contributed by atoms with Crippen molar-refractivity contribution in [3.05, 3.63) is 11.2 Å². The molecule has 0 fully saturated rings. The average Bonchev–Trinajstić information content (AvgIpc) is 2.35. The molecule has 0 N–H and O–H groups in total. The van der Waals surface area contributed by atoms with Crippen LogP contribution in [0, 0.1) is 12.4 Å². The Morgan fingerprint density at radius 3 is 2.42 bits per heavy atom. The predicted octanol–water partition coefficient (Wildman–Crippen LogP) is 0.502. The molecular formula is C6H9N2O2S2. The van der Waals surface area contributed by atoms with Crippen molar-refractivity contribution in [1.82, 2.24) is 9.29 Å². The van der Waals surface area contributed by atoms with Crippen LogP contribution in [0.4, 0.5) is 0 Å². The van der Waals surface area contributed by atoms with E-state index in [2.05, 4.69) is 10.5 Å². The van der Waals surface area contributed by atoms with Crippen LogP contribution in [0.3, 0.4) is 0 Å². The molecule has 0 atom stereocenters. The molecule has 1 heterocycles. The molecule has 0 aliphatic carbocycles. The van der Waals surface area contributed by atoms with Gasteiger partial charge in [0.05, 0.1) is 5.69 Å². The Kier molecular flexibility index (Phi) is 2.50. The lowest BCUT2D eigenvalue weighted by Crippen LogP contribution is -2.21. The van der Waals surface area contributed by atoms with Crippen LogP contribution in [0.5, 0.6) is 0 Å². The third kappa shape index (κ3) is 1.50. The Hall–Kier alpha value is -0.460. The fourth-order valence-electron chi connectivity index (χ4n) is 0.657. The van der Waals surface area contributed by atoms with E-state index in [9.17, 15) is 8.42 Å². The van der Waals surface area contributed by atoms with Crippen LogP contribution >= 0.6 is 11.3 Å². The van der Waals surface area contributed by atoms with E-state index in [1.165, 1.54) is 18.4 Å². The zero-order valence-corrected chi connectivity index (χ0v) is 8.66. The lowest BCUT2D eigenvalue weighted by molar-refractivity contribution is 0.522. The third-order valence-electron chi connectivity index (χ3n) is 1.36. The fourth-order valence-corrected chi connectivity index (χ4v) is 2.85. The first kappa shape index (κ1) is 9.63. The monoisotopic (exact) mass is 205 g/mol. The molecule has 1 rings (SSSR count). The van der Waals surface area contributed by atoms with E-state index < -0.39 is 10.0 Å². The Labute approximate surface area is 75.9 Å². The zero-order chi connectivity index (χ0) is 9.35.